The van der Waals surface area contributed by atoms with Crippen molar-refractivity contribution in [2.75, 3.05) is 7.11 Å². The molecule has 0 bridgehead atoms. The molecular weight excluding hydrogens is 190 g/mol. The summed E-state index contributed by atoms with van der Waals surface area (Å²) in [6.07, 6.45) is 0. The van der Waals surface area contributed by atoms with E-state index in [1.165, 1.54) is 19.2 Å². The van der Waals surface area contributed by atoms with E-state index in [0.717, 1.165) is 5.56 Å². The Kier molecular flexibility index (Phi) is 2.58. The summed E-state index contributed by atoms with van der Waals surface area (Å²) in [4.78, 5) is 0.0735. The van der Waals surface area contributed by atoms with Crippen LogP contribution in [0.5, 0.6) is 5.75 Å². The quantitative estimate of drug-likeness (QED) is 0.763. The summed E-state index contributed by atoms with van der Waals surface area (Å²) in [5.74, 6) is 0.490. The van der Waals surface area contributed by atoms with Gasteiger partial charge in [0.25, 0.3) is 0 Å². The minimum Gasteiger partial charge on any atom is -0.497 e. The van der Waals surface area contributed by atoms with Gasteiger partial charge in [-0.15, -0.1) is 0 Å². The van der Waals surface area contributed by atoms with Gasteiger partial charge in [-0.25, -0.2) is 13.6 Å². The Bertz CT molecular complexity index is 411. The van der Waals surface area contributed by atoms with E-state index in [9.17, 15) is 8.42 Å². The number of benzene rings is 1. The molecule has 0 heterocycles. The van der Waals surface area contributed by atoms with Crippen LogP contribution in [0.3, 0.4) is 0 Å². The van der Waals surface area contributed by atoms with Gasteiger partial charge < -0.3 is 4.74 Å². The van der Waals surface area contributed by atoms with Crippen LogP contribution in [-0.2, 0) is 10.0 Å². The lowest BCUT2D eigenvalue weighted by molar-refractivity contribution is 0.413. The van der Waals surface area contributed by atoms with Crippen molar-refractivity contribution in [3.05, 3.63) is 23.8 Å². The highest BCUT2D eigenvalue weighted by atomic mass is 32.2. The maximum absolute atomic E-state index is 11.0. The van der Waals surface area contributed by atoms with Gasteiger partial charge in [-0.1, -0.05) is 0 Å². The van der Waals surface area contributed by atoms with Gasteiger partial charge in [0, 0.05) is 6.07 Å². The van der Waals surface area contributed by atoms with Crippen LogP contribution in [0.25, 0.3) is 0 Å². The van der Waals surface area contributed by atoms with Gasteiger partial charge in [-0.2, -0.15) is 0 Å². The molecule has 0 aliphatic heterocycles. The Morgan fingerprint density at radius 1 is 1.31 bits per heavy atom. The van der Waals surface area contributed by atoms with Crippen LogP contribution in [0, 0.1) is 6.92 Å². The lowest BCUT2D eigenvalue weighted by Gasteiger charge is -2.04. The minimum atomic E-state index is -3.64. The number of sulfonamides is 1. The van der Waals surface area contributed by atoms with Crippen LogP contribution < -0.4 is 9.88 Å². The Labute approximate surface area is 77.4 Å². The van der Waals surface area contributed by atoms with Crippen molar-refractivity contribution in [2.45, 2.75) is 11.8 Å². The number of aryl methyl sites for hydroxylation is 1. The SMILES string of the molecule is COc1cc(C)cc(S(N)(=O)=O)c1. The number of ether oxygens (including phenoxy) is 1. The Hall–Kier alpha value is -1.07. The first-order chi connectivity index (χ1) is 5.93. The lowest BCUT2D eigenvalue weighted by atomic mass is 10.2. The van der Waals surface area contributed by atoms with E-state index in [0.29, 0.717) is 5.75 Å². The number of methoxy groups -OCH3 is 1. The summed E-state index contributed by atoms with van der Waals surface area (Å²) >= 11 is 0. The fourth-order valence-corrected chi connectivity index (χ4v) is 1.63. The summed E-state index contributed by atoms with van der Waals surface area (Å²) < 4.78 is 26.9. The van der Waals surface area contributed by atoms with Crippen LogP contribution in [0.1, 0.15) is 5.56 Å². The molecule has 72 valence electrons. The molecule has 1 rings (SSSR count). The number of nitrogens with two attached hydrogens (primary N) is 1. The number of primary sulfonamides is 1. The third-order valence-electron chi connectivity index (χ3n) is 1.59. The van der Waals surface area contributed by atoms with E-state index in [1.54, 1.807) is 13.0 Å². The Balaban J connectivity index is 3.33. The topological polar surface area (TPSA) is 69.4 Å². The molecule has 0 amide bonds. The smallest absolute Gasteiger partial charge is 0.238 e. The number of hydrogen-bond acceptors (Lipinski definition) is 3. The van der Waals surface area contributed by atoms with Gasteiger partial charge >= 0.3 is 0 Å². The van der Waals surface area contributed by atoms with Gasteiger partial charge in [0.1, 0.15) is 5.75 Å². The van der Waals surface area contributed by atoms with Crippen molar-refractivity contribution in [1.82, 2.24) is 0 Å². The number of rotatable bonds is 2. The predicted molar refractivity (Wildman–Crippen MR) is 49.1 cm³/mol. The van der Waals surface area contributed by atoms with Crippen LogP contribution >= 0.6 is 0 Å². The number of hydrogen-bond donors (Lipinski definition) is 1. The molecule has 5 heteroatoms. The molecule has 13 heavy (non-hydrogen) atoms. The molecule has 4 nitrogen and oxygen atoms in total. The zero-order valence-corrected chi connectivity index (χ0v) is 8.26. The van der Waals surface area contributed by atoms with Crippen molar-refractivity contribution in [1.29, 1.82) is 0 Å². The normalized spacial score (nSPS) is 11.3. The third kappa shape index (κ3) is 2.43. The Morgan fingerprint density at radius 2 is 1.92 bits per heavy atom. The van der Waals surface area contributed by atoms with Crippen LogP contribution in [0.4, 0.5) is 0 Å². The first-order valence-corrected chi connectivity index (χ1v) is 5.16. The van der Waals surface area contributed by atoms with Gasteiger partial charge in [0.15, 0.2) is 0 Å². The van der Waals surface area contributed by atoms with Crippen molar-refractivity contribution in [3.8, 4) is 5.75 Å². The zero-order valence-electron chi connectivity index (χ0n) is 7.44. The van der Waals surface area contributed by atoms with Gasteiger partial charge in [0.05, 0.1) is 12.0 Å². The van der Waals surface area contributed by atoms with E-state index in [4.69, 9.17) is 9.88 Å². The summed E-state index contributed by atoms with van der Waals surface area (Å²) in [5, 5.41) is 4.97. The first-order valence-electron chi connectivity index (χ1n) is 3.62. The van der Waals surface area contributed by atoms with E-state index in [2.05, 4.69) is 0 Å². The second-order valence-electron chi connectivity index (χ2n) is 2.73. The van der Waals surface area contributed by atoms with Crippen LogP contribution in [0.15, 0.2) is 23.1 Å². The van der Waals surface area contributed by atoms with Crippen molar-refractivity contribution in [2.24, 2.45) is 5.14 Å². The second-order valence-corrected chi connectivity index (χ2v) is 4.29. The van der Waals surface area contributed by atoms with Gasteiger partial charge in [-0.05, 0) is 24.6 Å². The van der Waals surface area contributed by atoms with Crippen molar-refractivity contribution >= 4 is 10.0 Å². The zero-order chi connectivity index (χ0) is 10.1. The highest BCUT2D eigenvalue weighted by Crippen LogP contribution is 2.18. The van der Waals surface area contributed by atoms with E-state index in [-0.39, 0.29) is 4.90 Å². The molecule has 0 aliphatic rings. The molecule has 0 aliphatic carbocycles. The molecule has 0 atom stereocenters. The van der Waals surface area contributed by atoms with E-state index in [1.807, 2.05) is 0 Å². The highest BCUT2D eigenvalue weighted by Gasteiger charge is 2.09. The molecule has 0 saturated carbocycles. The van der Waals surface area contributed by atoms with Crippen molar-refractivity contribution < 1.29 is 13.2 Å². The molecule has 1 aromatic rings. The standard InChI is InChI=1S/C8H11NO3S/c1-6-3-7(12-2)5-8(4-6)13(9,10)11/h3-5H,1-2H3,(H2,9,10,11). The van der Waals surface area contributed by atoms with E-state index >= 15 is 0 Å². The summed E-state index contributed by atoms with van der Waals surface area (Å²) in [5.41, 5.74) is 0.795. The maximum Gasteiger partial charge on any atom is 0.238 e. The summed E-state index contributed by atoms with van der Waals surface area (Å²) in [6, 6.07) is 4.62. The molecule has 0 spiro atoms. The molecule has 0 radical (unpaired) electrons. The molecule has 1 aromatic carbocycles. The molecule has 0 saturated heterocycles. The highest BCUT2D eigenvalue weighted by molar-refractivity contribution is 7.89. The largest absolute Gasteiger partial charge is 0.497 e. The first kappa shape index (κ1) is 10.0. The average Bonchev–Trinajstić information content (AvgIpc) is 2.01. The minimum absolute atomic E-state index is 0.0735. The maximum atomic E-state index is 11.0. The molecule has 0 unspecified atom stereocenters. The van der Waals surface area contributed by atoms with Crippen LogP contribution in [0.2, 0.25) is 0 Å². The third-order valence-corrected chi connectivity index (χ3v) is 2.48. The van der Waals surface area contributed by atoms with Gasteiger partial charge in [0.2, 0.25) is 10.0 Å². The second kappa shape index (κ2) is 3.35. The lowest BCUT2D eigenvalue weighted by Crippen LogP contribution is -2.12. The molecular formula is C8H11NO3S. The fourth-order valence-electron chi connectivity index (χ4n) is 0.996. The molecule has 0 aromatic heterocycles. The summed E-state index contributed by atoms with van der Waals surface area (Å²) in [7, 11) is -2.16. The summed E-state index contributed by atoms with van der Waals surface area (Å²) in [6.45, 7) is 1.78. The molecule has 0 fully saturated rings. The van der Waals surface area contributed by atoms with E-state index < -0.39 is 10.0 Å². The fraction of sp³-hybridized carbons (Fsp3) is 0.250. The predicted octanol–water partition coefficient (Wildman–Crippen LogP) is 0.651. The van der Waals surface area contributed by atoms with Gasteiger partial charge in [-0.3, -0.25) is 0 Å². The molecule has 2 N–H and O–H groups in total. The Morgan fingerprint density at radius 3 is 2.38 bits per heavy atom. The van der Waals surface area contributed by atoms with Crippen LogP contribution in [-0.4, -0.2) is 15.5 Å². The average molecular weight is 201 g/mol. The van der Waals surface area contributed by atoms with Crippen molar-refractivity contribution in [3.63, 3.8) is 0 Å². The monoisotopic (exact) mass is 201 g/mol.